The molecule has 0 N–H and O–H groups in total. The fourth-order valence-corrected chi connectivity index (χ4v) is 8.86. The van der Waals surface area contributed by atoms with E-state index in [9.17, 15) is 0 Å². The fraction of sp³-hybridized carbons (Fsp3) is 0.0377. The monoisotopic (exact) mass is 743 g/mol. The maximum atomic E-state index is 6.63. The van der Waals surface area contributed by atoms with Gasteiger partial charge in [-0.1, -0.05) is 146 Å². The van der Waals surface area contributed by atoms with Crippen molar-refractivity contribution >= 4 is 65.6 Å². The number of aryl methyl sites for hydroxylation is 1. The van der Waals surface area contributed by atoms with Crippen molar-refractivity contribution in [3.8, 4) is 33.9 Å². The molecule has 0 amide bonds. The molecule has 272 valence electrons. The van der Waals surface area contributed by atoms with E-state index in [4.69, 9.17) is 23.8 Å². The molecule has 11 aromatic rings. The lowest BCUT2D eigenvalue weighted by molar-refractivity contribution is 0.547. The number of benzene rings is 8. The van der Waals surface area contributed by atoms with Crippen molar-refractivity contribution in [1.29, 1.82) is 0 Å². The first kappa shape index (κ1) is 32.6. The number of allylic oxidation sites excluding steroid dienone is 1. The Morgan fingerprint density at radius 3 is 1.83 bits per heavy atom. The Bertz CT molecular complexity index is 3450. The Morgan fingerprint density at radius 2 is 1.00 bits per heavy atom. The van der Waals surface area contributed by atoms with Crippen LogP contribution in [0.2, 0.25) is 0 Å². The minimum absolute atomic E-state index is 0.609. The first-order valence-corrected chi connectivity index (χ1v) is 19.7. The fourth-order valence-electron chi connectivity index (χ4n) is 8.86. The van der Waals surface area contributed by atoms with Crippen LogP contribution in [-0.4, -0.2) is 15.0 Å². The Kier molecular flexibility index (Phi) is 7.29. The Labute approximate surface area is 333 Å². The lowest BCUT2D eigenvalue weighted by atomic mass is 9.83. The standard InChI is InChI=1S/C53H33N3O2/c1-2-11-32(12-3-1)34-21-24-35(25-22-34)51-54-52(39-26-23-33-13-4-5-14-36(33)29-39)56-53(55-51)50-41(27-28-46-49(50)42-17-8-9-19-44(42)57-46)40-18-10-20-45-48(40)43-30-37-15-6-7-16-38(37)31-47(43)58-45/h1-26,29-31H,27-28H2. The average Bonchev–Trinajstić information content (AvgIpc) is 3.86. The highest BCUT2D eigenvalue weighted by atomic mass is 16.3. The first-order chi connectivity index (χ1) is 28.7. The van der Waals surface area contributed by atoms with Crippen molar-refractivity contribution in [3.05, 3.63) is 199 Å². The molecule has 5 nitrogen and oxygen atoms in total. The third-order valence-corrected chi connectivity index (χ3v) is 11.6. The summed E-state index contributed by atoms with van der Waals surface area (Å²) in [6.45, 7) is 0. The van der Waals surface area contributed by atoms with Crippen LogP contribution in [-0.2, 0) is 6.42 Å². The molecule has 1 aliphatic rings. The largest absolute Gasteiger partial charge is 0.460 e. The molecule has 58 heavy (non-hydrogen) atoms. The molecule has 8 aromatic carbocycles. The van der Waals surface area contributed by atoms with Gasteiger partial charge in [-0.3, -0.25) is 0 Å². The van der Waals surface area contributed by atoms with E-state index >= 15 is 0 Å². The number of para-hydroxylation sites is 1. The Morgan fingerprint density at radius 1 is 0.379 bits per heavy atom. The van der Waals surface area contributed by atoms with Gasteiger partial charge in [0.15, 0.2) is 17.5 Å². The summed E-state index contributed by atoms with van der Waals surface area (Å²) < 4.78 is 13.2. The van der Waals surface area contributed by atoms with Crippen molar-refractivity contribution in [2.75, 3.05) is 0 Å². The number of furan rings is 2. The quantitative estimate of drug-likeness (QED) is 0.176. The molecular formula is C53H33N3O2. The van der Waals surface area contributed by atoms with Crippen LogP contribution in [0.25, 0.3) is 99.5 Å². The van der Waals surface area contributed by atoms with E-state index in [0.29, 0.717) is 17.5 Å². The summed E-state index contributed by atoms with van der Waals surface area (Å²) in [5.41, 5.74) is 11.0. The van der Waals surface area contributed by atoms with Gasteiger partial charge >= 0.3 is 0 Å². The molecule has 0 bridgehead atoms. The van der Waals surface area contributed by atoms with Gasteiger partial charge in [-0.2, -0.15) is 0 Å². The number of hydrogen-bond donors (Lipinski definition) is 0. The highest BCUT2D eigenvalue weighted by molar-refractivity contribution is 6.17. The Hall–Kier alpha value is -7.63. The summed E-state index contributed by atoms with van der Waals surface area (Å²) in [7, 11) is 0. The molecule has 0 saturated carbocycles. The molecule has 12 rings (SSSR count). The van der Waals surface area contributed by atoms with Crippen LogP contribution in [0.4, 0.5) is 0 Å². The highest BCUT2D eigenvalue weighted by Gasteiger charge is 2.31. The van der Waals surface area contributed by atoms with E-state index in [0.717, 1.165) is 112 Å². The van der Waals surface area contributed by atoms with E-state index in [2.05, 4.69) is 158 Å². The zero-order chi connectivity index (χ0) is 38.2. The van der Waals surface area contributed by atoms with Crippen LogP contribution in [0.3, 0.4) is 0 Å². The van der Waals surface area contributed by atoms with E-state index in [-0.39, 0.29) is 0 Å². The minimum atomic E-state index is 0.609. The van der Waals surface area contributed by atoms with Crippen LogP contribution in [0, 0.1) is 0 Å². The van der Waals surface area contributed by atoms with E-state index < -0.39 is 0 Å². The molecule has 3 aromatic heterocycles. The van der Waals surface area contributed by atoms with Gasteiger partial charge < -0.3 is 8.83 Å². The van der Waals surface area contributed by atoms with Crippen molar-refractivity contribution in [2.45, 2.75) is 12.8 Å². The van der Waals surface area contributed by atoms with Gasteiger partial charge in [0.1, 0.15) is 22.5 Å². The van der Waals surface area contributed by atoms with Gasteiger partial charge in [-0.25, -0.2) is 15.0 Å². The van der Waals surface area contributed by atoms with Gasteiger partial charge in [0.2, 0.25) is 0 Å². The predicted octanol–water partition coefficient (Wildman–Crippen LogP) is 13.7. The first-order valence-electron chi connectivity index (χ1n) is 19.7. The smallest absolute Gasteiger partial charge is 0.165 e. The molecule has 0 atom stereocenters. The van der Waals surface area contributed by atoms with E-state index in [1.165, 1.54) is 5.39 Å². The number of nitrogens with zero attached hydrogens (tertiary/aromatic N) is 3. The van der Waals surface area contributed by atoms with Crippen molar-refractivity contribution in [2.24, 2.45) is 0 Å². The summed E-state index contributed by atoms with van der Waals surface area (Å²) in [5.74, 6) is 2.77. The maximum absolute atomic E-state index is 6.63. The van der Waals surface area contributed by atoms with Gasteiger partial charge in [0, 0.05) is 44.8 Å². The van der Waals surface area contributed by atoms with Crippen molar-refractivity contribution in [3.63, 3.8) is 0 Å². The molecule has 5 heteroatoms. The van der Waals surface area contributed by atoms with Gasteiger partial charge in [-0.15, -0.1) is 0 Å². The predicted molar refractivity (Wildman–Crippen MR) is 235 cm³/mol. The molecule has 0 unspecified atom stereocenters. The average molecular weight is 744 g/mol. The lowest BCUT2D eigenvalue weighted by Gasteiger charge is -2.21. The van der Waals surface area contributed by atoms with Crippen LogP contribution in [0.5, 0.6) is 0 Å². The summed E-state index contributed by atoms with van der Waals surface area (Å²) >= 11 is 0. The molecule has 0 spiro atoms. The summed E-state index contributed by atoms with van der Waals surface area (Å²) in [4.78, 5) is 16.0. The van der Waals surface area contributed by atoms with Gasteiger partial charge in [-0.05, 0) is 80.6 Å². The van der Waals surface area contributed by atoms with Crippen LogP contribution < -0.4 is 0 Å². The molecule has 1 aliphatic carbocycles. The number of fused-ring (bicyclic) bond motifs is 8. The Balaban J connectivity index is 1.15. The topological polar surface area (TPSA) is 65.0 Å². The minimum Gasteiger partial charge on any atom is -0.460 e. The molecule has 0 aliphatic heterocycles. The molecule has 0 saturated heterocycles. The number of aromatic nitrogens is 3. The van der Waals surface area contributed by atoms with Gasteiger partial charge in [0.05, 0.1) is 0 Å². The second kappa shape index (κ2) is 13.0. The van der Waals surface area contributed by atoms with Gasteiger partial charge in [0.25, 0.3) is 0 Å². The third-order valence-electron chi connectivity index (χ3n) is 11.6. The normalized spacial score (nSPS) is 13.0. The van der Waals surface area contributed by atoms with Crippen molar-refractivity contribution < 1.29 is 8.83 Å². The summed E-state index contributed by atoms with van der Waals surface area (Å²) in [5, 5.41) is 7.84. The van der Waals surface area contributed by atoms with Crippen LogP contribution >= 0.6 is 0 Å². The number of rotatable bonds is 5. The second-order valence-corrected chi connectivity index (χ2v) is 15.0. The summed E-state index contributed by atoms with van der Waals surface area (Å²) in [6, 6.07) is 61.4. The summed E-state index contributed by atoms with van der Waals surface area (Å²) in [6.07, 6.45) is 1.48. The van der Waals surface area contributed by atoms with E-state index in [1.807, 2.05) is 18.2 Å². The molecule has 0 fully saturated rings. The number of hydrogen-bond acceptors (Lipinski definition) is 5. The maximum Gasteiger partial charge on any atom is 0.165 e. The zero-order valence-electron chi connectivity index (χ0n) is 31.3. The lowest BCUT2D eigenvalue weighted by Crippen LogP contribution is -2.10. The third kappa shape index (κ3) is 5.28. The van der Waals surface area contributed by atoms with E-state index in [1.54, 1.807) is 0 Å². The zero-order valence-corrected chi connectivity index (χ0v) is 31.3. The second-order valence-electron chi connectivity index (χ2n) is 15.0. The SMILES string of the molecule is c1ccc(-c2ccc(-c3nc(C4=C(c5cccc6oc7cc8ccccc8cc7c56)CCc5oc6ccccc6c54)nc(-c4ccc5ccccc5c4)n3)cc2)cc1. The van der Waals surface area contributed by atoms with Crippen molar-refractivity contribution in [1.82, 2.24) is 15.0 Å². The molecular weight excluding hydrogens is 711 g/mol. The van der Waals surface area contributed by atoms with Crippen LogP contribution in [0.1, 0.15) is 29.1 Å². The highest BCUT2D eigenvalue weighted by Crippen LogP contribution is 2.47. The van der Waals surface area contributed by atoms with Crippen LogP contribution in [0.15, 0.2) is 185 Å². The molecule has 3 heterocycles. The molecule has 0 radical (unpaired) electrons.